The van der Waals surface area contributed by atoms with Crippen LogP contribution in [0.1, 0.15) is 32.3 Å². The van der Waals surface area contributed by atoms with Crippen molar-refractivity contribution in [3.63, 3.8) is 0 Å². The van der Waals surface area contributed by atoms with Crippen LogP contribution in [-0.2, 0) is 21.2 Å². The quantitative estimate of drug-likeness (QED) is 0.840. The number of benzene rings is 1. The summed E-state index contributed by atoms with van der Waals surface area (Å²) in [4.78, 5) is 13.5. The van der Waals surface area contributed by atoms with E-state index in [9.17, 15) is 13.2 Å². The molecule has 0 radical (unpaired) electrons. The number of hydrogen-bond acceptors (Lipinski definition) is 4. The molecule has 2 N–H and O–H groups in total. The summed E-state index contributed by atoms with van der Waals surface area (Å²) in [5.74, 6) is -0.0589. The Balaban J connectivity index is 0.00000208. The van der Waals surface area contributed by atoms with Crippen molar-refractivity contribution in [3.8, 4) is 0 Å². The normalized spacial score (nSPS) is 23.5. The Morgan fingerprint density at radius 1 is 1.38 bits per heavy atom. The number of anilines is 1. The Hall–Kier alpha value is -1.15. The third kappa shape index (κ3) is 3.74. The molecule has 3 rings (SSSR count). The smallest absolute Gasteiger partial charge is 0.240 e. The van der Waals surface area contributed by atoms with Crippen molar-refractivity contribution in [2.24, 2.45) is 0 Å². The van der Waals surface area contributed by atoms with Crippen LogP contribution in [0.25, 0.3) is 0 Å². The summed E-state index contributed by atoms with van der Waals surface area (Å²) in [5.41, 5.74) is 1.74. The fourth-order valence-corrected chi connectivity index (χ4v) is 4.70. The molecule has 0 aromatic heterocycles. The van der Waals surface area contributed by atoms with Gasteiger partial charge in [0, 0.05) is 31.2 Å². The Morgan fingerprint density at radius 2 is 2.12 bits per heavy atom. The molecule has 1 aromatic rings. The first-order valence-electron chi connectivity index (χ1n) is 8.05. The highest BCUT2D eigenvalue weighted by Crippen LogP contribution is 2.30. The second-order valence-corrected chi connectivity index (χ2v) is 8.04. The zero-order valence-electron chi connectivity index (χ0n) is 13.9. The highest BCUT2D eigenvalue weighted by atomic mass is 35.5. The van der Waals surface area contributed by atoms with Crippen molar-refractivity contribution in [1.82, 2.24) is 10.0 Å². The summed E-state index contributed by atoms with van der Waals surface area (Å²) >= 11 is 0. The first kappa shape index (κ1) is 19.2. The van der Waals surface area contributed by atoms with Crippen molar-refractivity contribution in [1.29, 1.82) is 0 Å². The largest absolute Gasteiger partial charge is 0.313 e. The van der Waals surface area contributed by atoms with E-state index in [1.54, 1.807) is 17.0 Å². The molecule has 2 heterocycles. The second kappa shape index (κ2) is 7.39. The number of amides is 1. The SMILES string of the molecule is CC(=O)N1CCc2ccc(S(=O)(=O)NC3CCCNC3C)cc21.Cl. The standard InChI is InChI=1S/C16H23N3O3S.ClH/c1-11-15(4-3-8-17-11)18-23(21,22)14-6-5-13-7-9-19(12(2)20)16(13)10-14;/h5-6,10-11,15,17-18H,3-4,7-9H2,1-2H3;1H. The molecule has 6 nitrogen and oxygen atoms in total. The topological polar surface area (TPSA) is 78.5 Å². The maximum atomic E-state index is 12.7. The van der Waals surface area contributed by atoms with E-state index in [0.29, 0.717) is 6.54 Å². The van der Waals surface area contributed by atoms with Crippen LogP contribution in [0, 0.1) is 0 Å². The number of nitrogens with one attached hydrogen (secondary N) is 2. The van der Waals surface area contributed by atoms with Crippen LogP contribution >= 0.6 is 12.4 Å². The fraction of sp³-hybridized carbons (Fsp3) is 0.562. The zero-order chi connectivity index (χ0) is 16.6. The number of fused-ring (bicyclic) bond motifs is 1. The van der Waals surface area contributed by atoms with Crippen LogP contribution < -0.4 is 14.9 Å². The van der Waals surface area contributed by atoms with Crippen molar-refractivity contribution < 1.29 is 13.2 Å². The molecule has 1 aromatic carbocycles. The third-order valence-corrected chi connectivity index (χ3v) is 6.20. The number of hydrogen-bond donors (Lipinski definition) is 2. The lowest BCUT2D eigenvalue weighted by Crippen LogP contribution is -2.51. The monoisotopic (exact) mass is 373 g/mol. The summed E-state index contributed by atoms with van der Waals surface area (Å²) in [5, 5.41) is 3.29. The Kier molecular flexibility index (Phi) is 5.91. The number of piperidine rings is 1. The Labute approximate surface area is 149 Å². The predicted molar refractivity (Wildman–Crippen MR) is 96.2 cm³/mol. The molecular weight excluding hydrogens is 350 g/mol. The molecule has 1 amide bonds. The summed E-state index contributed by atoms with van der Waals surface area (Å²) < 4.78 is 28.2. The average molecular weight is 374 g/mol. The third-order valence-electron chi connectivity index (χ3n) is 4.71. The lowest BCUT2D eigenvalue weighted by molar-refractivity contribution is -0.116. The minimum Gasteiger partial charge on any atom is -0.313 e. The highest BCUT2D eigenvalue weighted by Gasteiger charge is 2.29. The molecule has 2 unspecified atom stereocenters. The number of carbonyl (C=O) groups excluding carboxylic acids is 1. The Morgan fingerprint density at radius 3 is 2.79 bits per heavy atom. The van der Waals surface area contributed by atoms with Gasteiger partial charge < -0.3 is 10.2 Å². The van der Waals surface area contributed by atoms with Gasteiger partial charge in [-0.25, -0.2) is 13.1 Å². The van der Waals surface area contributed by atoms with Crippen molar-refractivity contribution >= 4 is 34.0 Å². The molecule has 1 saturated heterocycles. The van der Waals surface area contributed by atoms with E-state index in [0.717, 1.165) is 37.1 Å². The van der Waals surface area contributed by atoms with E-state index in [-0.39, 0.29) is 35.3 Å². The van der Waals surface area contributed by atoms with Gasteiger partial charge in [0.25, 0.3) is 0 Å². The molecular formula is C16H24ClN3O3S. The number of nitrogens with zero attached hydrogens (tertiary/aromatic N) is 1. The van der Waals surface area contributed by atoms with E-state index < -0.39 is 10.0 Å². The first-order chi connectivity index (χ1) is 10.9. The number of rotatable bonds is 3. The van der Waals surface area contributed by atoms with Gasteiger partial charge in [-0.05, 0) is 50.4 Å². The fourth-order valence-electron chi connectivity index (χ4n) is 3.33. The summed E-state index contributed by atoms with van der Waals surface area (Å²) in [6, 6.07) is 5.07. The van der Waals surface area contributed by atoms with Crippen LogP contribution in [0.15, 0.2) is 23.1 Å². The molecule has 8 heteroatoms. The van der Waals surface area contributed by atoms with Gasteiger partial charge >= 0.3 is 0 Å². The summed E-state index contributed by atoms with van der Waals surface area (Å²) in [7, 11) is -3.59. The zero-order valence-corrected chi connectivity index (χ0v) is 15.5. The minimum absolute atomic E-state index is 0. The van der Waals surface area contributed by atoms with E-state index in [4.69, 9.17) is 0 Å². The maximum Gasteiger partial charge on any atom is 0.240 e. The molecule has 0 spiro atoms. The molecule has 134 valence electrons. The Bertz CT molecular complexity index is 723. The van der Waals surface area contributed by atoms with Crippen molar-refractivity contribution in [2.45, 2.75) is 50.1 Å². The van der Waals surface area contributed by atoms with E-state index in [1.807, 2.05) is 13.0 Å². The molecule has 1 fully saturated rings. The molecule has 0 aliphatic carbocycles. The van der Waals surface area contributed by atoms with Gasteiger partial charge in [0.05, 0.1) is 4.90 Å². The first-order valence-corrected chi connectivity index (χ1v) is 9.53. The number of sulfonamides is 1. The van der Waals surface area contributed by atoms with Gasteiger partial charge in [0.2, 0.25) is 15.9 Å². The molecule has 2 atom stereocenters. The summed E-state index contributed by atoms with van der Waals surface area (Å²) in [6.45, 7) is 5.04. The number of halogens is 1. The molecule has 2 aliphatic heterocycles. The van der Waals surface area contributed by atoms with Crippen LogP contribution in [0.2, 0.25) is 0 Å². The van der Waals surface area contributed by atoms with Crippen LogP contribution in [-0.4, -0.2) is 39.5 Å². The molecule has 2 aliphatic rings. The van der Waals surface area contributed by atoms with Gasteiger partial charge in [-0.1, -0.05) is 6.07 Å². The molecule has 0 bridgehead atoms. The van der Waals surface area contributed by atoms with Gasteiger partial charge in [0.1, 0.15) is 0 Å². The molecule has 24 heavy (non-hydrogen) atoms. The second-order valence-electron chi connectivity index (χ2n) is 6.32. The van der Waals surface area contributed by atoms with E-state index >= 15 is 0 Å². The molecule has 0 saturated carbocycles. The van der Waals surface area contributed by atoms with Gasteiger partial charge in [-0.2, -0.15) is 0 Å². The van der Waals surface area contributed by atoms with E-state index in [2.05, 4.69) is 10.0 Å². The maximum absolute atomic E-state index is 12.7. The van der Waals surface area contributed by atoms with Gasteiger partial charge in [0.15, 0.2) is 0 Å². The van der Waals surface area contributed by atoms with Gasteiger partial charge in [-0.3, -0.25) is 4.79 Å². The average Bonchev–Trinajstić information content (AvgIpc) is 2.92. The minimum atomic E-state index is -3.59. The van der Waals surface area contributed by atoms with Crippen LogP contribution in [0.4, 0.5) is 5.69 Å². The van der Waals surface area contributed by atoms with E-state index in [1.165, 1.54) is 6.92 Å². The predicted octanol–water partition coefficient (Wildman–Crippen LogP) is 1.44. The summed E-state index contributed by atoms with van der Waals surface area (Å²) in [6.07, 6.45) is 2.56. The van der Waals surface area contributed by atoms with Crippen LogP contribution in [0.5, 0.6) is 0 Å². The van der Waals surface area contributed by atoms with Crippen molar-refractivity contribution in [2.75, 3.05) is 18.0 Å². The van der Waals surface area contributed by atoms with Crippen molar-refractivity contribution in [3.05, 3.63) is 23.8 Å². The van der Waals surface area contributed by atoms with Crippen LogP contribution in [0.3, 0.4) is 0 Å². The highest BCUT2D eigenvalue weighted by molar-refractivity contribution is 7.89. The van der Waals surface area contributed by atoms with Gasteiger partial charge in [-0.15, -0.1) is 12.4 Å². The lowest BCUT2D eigenvalue weighted by Gasteiger charge is -2.30. The lowest BCUT2D eigenvalue weighted by atomic mass is 10.0. The number of carbonyl (C=O) groups is 1.